The molecule has 200 valence electrons. The summed E-state index contributed by atoms with van der Waals surface area (Å²) in [5.41, 5.74) is 0.482. The van der Waals surface area contributed by atoms with Crippen molar-refractivity contribution in [3.8, 4) is 11.1 Å². The predicted molar refractivity (Wildman–Crippen MR) is 140 cm³/mol. The Kier molecular flexibility index (Phi) is 7.05. The maximum Gasteiger partial charge on any atom is 0.423 e. The second-order valence-electron chi connectivity index (χ2n) is 9.27. The summed E-state index contributed by atoms with van der Waals surface area (Å²) in [5, 5.41) is 21.8. The first-order valence-corrected chi connectivity index (χ1v) is 12.3. The first-order chi connectivity index (χ1) is 18.7. The molecule has 0 bridgehead atoms. The SMILES string of the molecule is CCC(O)(c1cn(Cc2ccc3c(-c4ccc(F)cc4)cc(NCc4ccccc4)nc3c2)nn1)C(F)(F)F. The van der Waals surface area contributed by atoms with Crippen molar-refractivity contribution < 1.29 is 22.7 Å². The van der Waals surface area contributed by atoms with E-state index in [0.717, 1.165) is 33.8 Å². The summed E-state index contributed by atoms with van der Waals surface area (Å²) in [4.78, 5) is 4.77. The third-order valence-corrected chi connectivity index (χ3v) is 6.63. The molecule has 0 radical (unpaired) electrons. The Morgan fingerprint density at radius 3 is 2.36 bits per heavy atom. The van der Waals surface area contributed by atoms with E-state index in [4.69, 9.17) is 4.98 Å². The zero-order chi connectivity index (χ0) is 27.6. The van der Waals surface area contributed by atoms with Crippen molar-refractivity contribution in [2.75, 3.05) is 5.32 Å². The van der Waals surface area contributed by atoms with E-state index in [9.17, 15) is 22.7 Å². The van der Waals surface area contributed by atoms with Crippen molar-refractivity contribution in [3.63, 3.8) is 0 Å². The number of benzene rings is 3. The van der Waals surface area contributed by atoms with Crippen LogP contribution in [0.3, 0.4) is 0 Å². The van der Waals surface area contributed by atoms with Gasteiger partial charge in [-0.2, -0.15) is 13.2 Å². The van der Waals surface area contributed by atoms with E-state index in [0.29, 0.717) is 17.9 Å². The van der Waals surface area contributed by atoms with Gasteiger partial charge in [0.2, 0.25) is 5.60 Å². The van der Waals surface area contributed by atoms with Crippen LogP contribution in [0.15, 0.2) is 85.1 Å². The number of aromatic nitrogens is 4. The number of nitrogens with zero attached hydrogens (tertiary/aromatic N) is 4. The lowest BCUT2D eigenvalue weighted by atomic mass is 9.96. The molecule has 0 aliphatic carbocycles. The van der Waals surface area contributed by atoms with Crippen LogP contribution in [-0.2, 0) is 18.7 Å². The highest BCUT2D eigenvalue weighted by Crippen LogP contribution is 2.40. The van der Waals surface area contributed by atoms with Crippen LogP contribution < -0.4 is 5.32 Å². The van der Waals surface area contributed by atoms with E-state index in [-0.39, 0.29) is 12.4 Å². The molecule has 2 N–H and O–H groups in total. The van der Waals surface area contributed by atoms with Gasteiger partial charge in [0.1, 0.15) is 17.3 Å². The highest BCUT2D eigenvalue weighted by molar-refractivity contribution is 5.96. The highest BCUT2D eigenvalue weighted by atomic mass is 19.4. The Balaban J connectivity index is 1.49. The number of halogens is 4. The minimum atomic E-state index is -4.88. The number of hydrogen-bond donors (Lipinski definition) is 2. The van der Waals surface area contributed by atoms with Gasteiger partial charge >= 0.3 is 6.18 Å². The molecule has 0 saturated heterocycles. The van der Waals surface area contributed by atoms with Crippen molar-refractivity contribution in [2.45, 2.75) is 38.2 Å². The zero-order valence-electron chi connectivity index (χ0n) is 21.0. The van der Waals surface area contributed by atoms with Gasteiger partial charge in [0.25, 0.3) is 0 Å². The average molecular weight is 536 g/mol. The van der Waals surface area contributed by atoms with Crippen molar-refractivity contribution in [1.29, 1.82) is 0 Å². The molecular weight excluding hydrogens is 510 g/mol. The number of pyridine rings is 1. The minimum Gasteiger partial charge on any atom is -0.375 e. The molecule has 5 rings (SSSR count). The van der Waals surface area contributed by atoms with Gasteiger partial charge in [-0.15, -0.1) is 5.10 Å². The van der Waals surface area contributed by atoms with Gasteiger partial charge in [0.15, 0.2) is 0 Å². The number of alkyl halides is 3. The maximum absolute atomic E-state index is 13.6. The largest absolute Gasteiger partial charge is 0.423 e. The Bertz CT molecular complexity index is 1590. The van der Waals surface area contributed by atoms with Crippen LogP contribution in [0.2, 0.25) is 0 Å². The van der Waals surface area contributed by atoms with E-state index in [1.165, 1.54) is 23.7 Å². The summed E-state index contributed by atoms with van der Waals surface area (Å²) in [7, 11) is 0. The lowest BCUT2D eigenvalue weighted by Gasteiger charge is -2.26. The molecular formula is C29H25F4N5O. The predicted octanol–water partition coefficient (Wildman–Crippen LogP) is 6.45. The molecule has 0 amide bonds. The topological polar surface area (TPSA) is 75.9 Å². The molecule has 0 saturated carbocycles. The van der Waals surface area contributed by atoms with Crippen LogP contribution in [0, 0.1) is 5.82 Å². The van der Waals surface area contributed by atoms with Crippen LogP contribution in [0.5, 0.6) is 0 Å². The number of fused-ring (bicyclic) bond motifs is 1. The Morgan fingerprint density at radius 1 is 0.923 bits per heavy atom. The molecule has 3 aromatic carbocycles. The molecule has 2 heterocycles. The van der Waals surface area contributed by atoms with E-state index in [2.05, 4.69) is 15.6 Å². The summed E-state index contributed by atoms with van der Waals surface area (Å²) in [6, 6.07) is 23.5. The van der Waals surface area contributed by atoms with E-state index in [1.54, 1.807) is 12.1 Å². The van der Waals surface area contributed by atoms with Crippen LogP contribution in [0.4, 0.5) is 23.4 Å². The molecule has 39 heavy (non-hydrogen) atoms. The summed E-state index contributed by atoms with van der Waals surface area (Å²) >= 11 is 0. The molecule has 2 aromatic heterocycles. The standard InChI is InChI=1S/C29H25F4N5O/c1-2-28(39,29(31,32)33)26-18-38(37-36-26)17-20-8-13-23-24(21-9-11-22(30)12-10-21)15-27(35-25(23)14-20)34-16-19-6-4-3-5-7-19/h3-15,18,39H,2,16-17H2,1H3,(H,34,35). The first kappa shape index (κ1) is 26.3. The van der Waals surface area contributed by atoms with Crippen LogP contribution in [0.1, 0.15) is 30.2 Å². The van der Waals surface area contributed by atoms with Crippen molar-refractivity contribution in [2.24, 2.45) is 0 Å². The summed E-state index contributed by atoms with van der Waals surface area (Å²) in [5.74, 6) is 0.276. The molecule has 0 aliphatic rings. The fourth-order valence-electron chi connectivity index (χ4n) is 4.40. The smallest absolute Gasteiger partial charge is 0.375 e. The monoisotopic (exact) mass is 535 g/mol. The van der Waals surface area contributed by atoms with Gasteiger partial charge < -0.3 is 10.4 Å². The van der Waals surface area contributed by atoms with Crippen LogP contribution in [-0.4, -0.2) is 31.3 Å². The second kappa shape index (κ2) is 10.5. The minimum absolute atomic E-state index is 0.121. The summed E-state index contributed by atoms with van der Waals surface area (Å²) in [6.07, 6.45) is -4.36. The molecule has 6 nitrogen and oxygen atoms in total. The van der Waals surface area contributed by atoms with Crippen molar-refractivity contribution in [1.82, 2.24) is 20.0 Å². The maximum atomic E-state index is 13.6. The van der Waals surface area contributed by atoms with Gasteiger partial charge in [-0.3, -0.25) is 0 Å². The zero-order valence-corrected chi connectivity index (χ0v) is 21.0. The average Bonchev–Trinajstić information content (AvgIpc) is 3.40. The number of anilines is 1. The normalized spacial score (nSPS) is 13.4. The number of rotatable bonds is 8. The molecule has 1 atom stereocenters. The van der Waals surface area contributed by atoms with E-state index in [1.807, 2.05) is 54.6 Å². The summed E-state index contributed by atoms with van der Waals surface area (Å²) in [6.45, 7) is 1.91. The van der Waals surface area contributed by atoms with Gasteiger partial charge in [-0.1, -0.05) is 66.7 Å². The molecule has 10 heteroatoms. The van der Waals surface area contributed by atoms with Gasteiger partial charge in [0.05, 0.1) is 18.3 Å². The molecule has 0 aliphatic heterocycles. The second-order valence-corrected chi connectivity index (χ2v) is 9.27. The fourth-order valence-corrected chi connectivity index (χ4v) is 4.40. The van der Waals surface area contributed by atoms with Gasteiger partial charge in [-0.05, 0) is 52.9 Å². The van der Waals surface area contributed by atoms with Crippen LogP contribution in [0.25, 0.3) is 22.0 Å². The highest BCUT2D eigenvalue weighted by Gasteiger charge is 2.55. The van der Waals surface area contributed by atoms with Crippen molar-refractivity contribution in [3.05, 3.63) is 108 Å². The molecule has 0 fully saturated rings. The first-order valence-electron chi connectivity index (χ1n) is 12.3. The Labute approximate surface area is 221 Å². The Hall–Kier alpha value is -4.31. The van der Waals surface area contributed by atoms with Gasteiger partial charge in [-0.25, -0.2) is 14.1 Å². The van der Waals surface area contributed by atoms with E-state index < -0.39 is 23.9 Å². The Morgan fingerprint density at radius 2 is 1.67 bits per heavy atom. The number of aliphatic hydroxyl groups is 1. The van der Waals surface area contributed by atoms with E-state index >= 15 is 0 Å². The number of hydrogen-bond acceptors (Lipinski definition) is 5. The molecule has 0 spiro atoms. The van der Waals surface area contributed by atoms with Crippen LogP contribution >= 0.6 is 0 Å². The number of nitrogens with one attached hydrogen (secondary N) is 1. The van der Waals surface area contributed by atoms with Gasteiger partial charge in [0, 0.05) is 11.9 Å². The third kappa shape index (κ3) is 5.46. The molecule has 1 unspecified atom stereocenters. The van der Waals surface area contributed by atoms with Crippen molar-refractivity contribution >= 4 is 16.7 Å². The lowest BCUT2D eigenvalue weighted by molar-refractivity contribution is -0.269. The fraction of sp³-hybridized carbons (Fsp3) is 0.207. The lowest BCUT2D eigenvalue weighted by Crippen LogP contribution is -2.42. The molecule has 5 aromatic rings. The quantitative estimate of drug-likeness (QED) is 0.223. The third-order valence-electron chi connectivity index (χ3n) is 6.63. The summed E-state index contributed by atoms with van der Waals surface area (Å²) < 4.78 is 55.2.